The summed E-state index contributed by atoms with van der Waals surface area (Å²) in [5, 5.41) is 9.34. The number of rotatable bonds is 1. The standard InChI is InChI=1S/C8H12N2O2/c1-4-3-6(11)7(5(2)9)8(12)10-4/h3,5H,9H2,1-2H3,(H2,10,11,12). The topological polar surface area (TPSA) is 79.1 Å². The minimum absolute atomic E-state index is 0.0359. The van der Waals surface area contributed by atoms with E-state index >= 15 is 0 Å². The summed E-state index contributed by atoms with van der Waals surface area (Å²) in [7, 11) is 0. The van der Waals surface area contributed by atoms with Crippen molar-refractivity contribution in [3.8, 4) is 5.75 Å². The first-order valence-electron chi connectivity index (χ1n) is 3.70. The highest BCUT2D eigenvalue weighted by Gasteiger charge is 2.10. The fourth-order valence-corrected chi connectivity index (χ4v) is 1.12. The van der Waals surface area contributed by atoms with Gasteiger partial charge < -0.3 is 15.8 Å². The van der Waals surface area contributed by atoms with E-state index in [0.717, 1.165) is 0 Å². The number of hydrogen-bond donors (Lipinski definition) is 3. The molecule has 1 atom stereocenters. The van der Waals surface area contributed by atoms with E-state index in [-0.39, 0.29) is 16.9 Å². The van der Waals surface area contributed by atoms with Gasteiger partial charge in [-0.25, -0.2) is 0 Å². The van der Waals surface area contributed by atoms with Crippen molar-refractivity contribution in [1.82, 2.24) is 4.98 Å². The van der Waals surface area contributed by atoms with Gasteiger partial charge in [0, 0.05) is 11.7 Å². The fraction of sp³-hybridized carbons (Fsp3) is 0.375. The maximum Gasteiger partial charge on any atom is 0.256 e. The summed E-state index contributed by atoms with van der Waals surface area (Å²) < 4.78 is 0. The second-order valence-electron chi connectivity index (χ2n) is 2.87. The highest BCUT2D eigenvalue weighted by Crippen LogP contribution is 2.17. The normalized spacial score (nSPS) is 12.9. The third kappa shape index (κ3) is 1.48. The second kappa shape index (κ2) is 2.98. The van der Waals surface area contributed by atoms with E-state index in [1.54, 1.807) is 13.8 Å². The van der Waals surface area contributed by atoms with E-state index in [4.69, 9.17) is 5.73 Å². The number of aryl methyl sites for hydroxylation is 1. The third-order valence-corrected chi connectivity index (χ3v) is 1.64. The Balaban J connectivity index is 3.39. The van der Waals surface area contributed by atoms with Crippen LogP contribution in [-0.4, -0.2) is 10.1 Å². The van der Waals surface area contributed by atoms with Crippen molar-refractivity contribution in [3.05, 3.63) is 27.7 Å². The van der Waals surface area contributed by atoms with Gasteiger partial charge in [-0.1, -0.05) is 0 Å². The van der Waals surface area contributed by atoms with Gasteiger partial charge in [0.05, 0.1) is 5.56 Å². The number of aromatic amines is 1. The van der Waals surface area contributed by atoms with Crippen molar-refractivity contribution >= 4 is 0 Å². The Kier molecular flexibility index (Phi) is 2.19. The molecule has 0 bridgehead atoms. The van der Waals surface area contributed by atoms with Gasteiger partial charge in [-0.2, -0.15) is 0 Å². The van der Waals surface area contributed by atoms with Crippen molar-refractivity contribution < 1.29 is 5.11 Å². The van der Waals surface area contributed by atoms with Crippen LogP contribution in [0.3, 0.4) is 0 Å². The molecule has 4 heteroatoms. The van der Waals surface area contributed by atoms with Gasteiger partial charge in [-0.3, -0.25) is 4.79 Å². The van der Waals surface area contributed by atoms with Crippen molar-refractivity contribution in [2.24, 2.45) is 5.73 Å². The van der Waals surface area contributed by atoms with Gasteiger partial charge in [0.1, 0.15) is 5.75 Å². The van der Waals surface area contributed by atoms with Crippen LogP contribution in [0, 0.1) is 6.92 Å². The quantitative estimate of drug-likeness (QED) is 0.568. The summed E-state index contributed by atoms with van der Waals surface area (Å²) >= 11 is 0. The minimum Gasteiger partial charge on any atom is -0.507 e. The molecule has 1 rings (SSSR count). The van der Waals surface area contributed by atoms with E-state index in [0.29, 0.717) is 5.69 Å². The van der Waals surface area contributed by atoms with Crippen LogP contribution in [0.2, 0.25) is 0 Å². The number of pyridine rings is 1. The maximum absolute atomic E-state index is 11.2. The van der Waals surface area contributed by atoms with Crippen LogP contribution < -0.4 is 11.3 Å². The van der Waals surface area contributed by atoms with Crippen LogP contribution in [0.1, 0.15) is 24.2 Å². The van der Waals surface area contributed by atoms with E-state index < -0.39 is 6.04 Å². The third-order valence-electron chi connectivity index (χ3n) is 1.64. The molecular formula is C8H12N2O2. The summed E-state index contributed by atoms with van der Waals surface area (Å²) in [6.45, 7) is 3.35. The summed E-state index contributed by atoms with van der Waals surface area (Å²) in [6, 6.07) is 1.04. The lowest BCUT2D eigenvalue weighted by atomic mass is 10.1. The Morgan fingerprint density at radius 2 is 2.25 bits per heavy atom. The predicted octanol–water partition coefficient (Wildman–Crippen LogP) is 0.409. The first-order chi connectivity index (χ1) is 5.52. The molecule has 0 amide bonds. The maximum atomic E-state index is 11.2. The molecular weight excluding hydrogens is 156 g/mol. The van der Waals surface area contributed by atoms with Crippen LogP contribution in [0.4, 0.5) is 0 Å². The Labute approximate surface area is 70.0 Å². The van der Waals surface area contributed by atoms with E-state index in [1.165, 1.54) is 6.07 Å². The molecule has 0 aliphatic carbocycles. The minimum atomic E-state index is -0.450. The van der Waals surface area contributed by atoms with Gasteiger partial charge in [-0.05, 0) is 19.9 Å². The molecule has 0 aliphatic rings. The number of nitrogens with two attached hydrogens (primary N) is 1. The van der Waals surface area contributed by atoms with Crippen molar-refractivity contribution in [2.75, 3.05) is 0 Å². The molecule has 66 valence electrons. The molecule has 0 aromatic carbocycles. The van der Waals surface area contributed by atoms with E-state index in [1.807, 2.05) is 0 Å². The highest BCUT2D eigenvalue weighted by molar-refractivity contribution is 5.33. The molecule has 0 spiro atoms. The van der Waals surface area contributed by atoms with Crippen LogP contribution in [0.15, 0.2) is 10.9 Å². The fourth-order valence-electron chi connectivity index (χ4n) is 1.12. The molecule has 0 saturated carbocycles. The smallest absolute Gasteiger partial charge is 0.256 e. The zero-order valence-corrected chi connectivity index (χ0v) is 7.09. The average Bonchev–Trinajstić information content (AvgIpc) is 1.82. The van der Waals surface area contributed by atoms with Gasteiger partial charge >= 0.3 is 0 Å². The zero-order valence-electron chi connectivity index (χ0n) is 7.09. The Hall–Kier alpha value is -1.29. The molecule has 0 aliphatic heterocycles. The van der Waals surface area contributed by atoms with Gasteiger partial charge in [0.2, 0.25) is 0 Å². The summed E-state index contributed by atoms with van der Waals surface area (Å²) in [5.74, 6) is -0.0359. The molecule has 1 aromatic rings. The molecule has 12 heavy (non-hydrogen) atoms. The molecule has 0 fully saturated rings. The monoisotopic (exact) mass is 168 g/mol. The van der Waals surface area contributed by atoms with Crippen LogP contribution in [0.5, 0.6) is 5.75 Å². The van der Waals surface area contributed by atoms with Crippen LogP contribution in [-0.2, 0) is 0 Å². The Bertz CT molecular complexity index is 341. The SMILES string of the molecule is Cc1cc(O)c(C(C)N)c(=O)[nH]1. The number of hydrogen-bond acceptors (Lipinski definition) is 3. The largest absolute Gasteiger partial charge is 0.507 e. The van der Waals surface area contributed by atoms with Crippen molar-refractivity contribution in [1.29, 1.82) is 0 Å². The highest BCUT2D eigenvalue weighted by atomic mass is 16.3. The number of H-pyrrole nitrogens is 1. The average molecular weight is 168 g/mol. The first kappa shape index (κ1) is 8.80. The van der Waals surface area contributed by atoms with Gasteiger partial charge in [0.25, 0.3) is 5.56 Å². The number of aromatic hydroxyl groups is 1. The molecule has 4 N–H and O–H groups in total. The Morgan fingerprint density at radius 3 is 2.67 bits per heavy atom. The summed E-state index contributed by atoms with van der Waals surface area (Å²) in [4.78, 5) is 13.8. The molecule has 1 unspecified atom stereocenters. The molecule has 0 saturated heterocycles. The molecule has 0 radical (unpaired) electrons. The lowest BCUT2D eigenvalue weighted by Crippen LogP contribution is -2.20. The Morgan fingerprint density at radius 1 is 1.67 bits per heavy atom. The summed E-state index contributed by atoms with van der Waals surface area (Å²) in [6.07, 6.45) is 0. The van der Waals surface area contributed by atoms with Gasteiger partial charge in [0.15, 0.2) is 0 Å². The number of nitrogens with one attached hydrogen (secondary N) is 1. The van der Waals surface area contributed by atoms with Gasteiger partial charge in [-0.15, -0.1) is 0 Å². The zero-order chi connectivity index (χ0) is 9.30. The molecule has 4 nitrogen and oxygen atoms in total. The molecule has 1 heterocycles. The van der Waals surface area contributed by atoms with E-state index in [9.17, 15) is 9.90 Å². The van der Waals surface area contributed by atoms with Crippen molar-refractivity contribution in [3.63, 3.8) is 0 Å². The molecule has 1 aromatic heterocycles. The number of aromatic nitrogens is 1. The lowest BCUT2D eigenvalue weighted by molar-refractivity contribution is 0.460. The van der Waals surface area contributed by atoms with Crippen LogP contribution in [0.25, 0.3) is 0 Å². The lowest BCUT2D eigenvalue weighted by Gasteiger charge is -2.06. The van der Waals surface area contributed by atoms with Crippen molar-refractivity contribution in [2.45, 2.75) is 19.9 Å². The predicted molar refractivity (Wildman–Crippen MR) is 46.1 cm³/mol. The van der Waals surface area contributed by atoms with E-state index in [2.05, 4.69) is 4.98 Å². The first-order valence-corrected chi connectivity index (χ1v) is 3.70. The summed E-state index contributed by atoms with van der Waals surface area (Å²) in [5.41, 5.74) is 6.03. The van der Waals surface area contributed by atoms with Crippen LogP contribution >= 0.6 is 0 Å². The second-order valence-corrected chi connectivity index (χ2v) is 2.87.